The zero-order valence-electron chi connectivity index (χ0n) is 30.0. The van der Waals surface area contributed by atoms with Gasteiger partial charge >= 0.3 is 0 Å². The van der Waals surface area contributed by atoms with Gasteiger partial charge in [-0.05, 0) is 118 Å². The van der Waals surface area contributed by atoms with Crippen LogP contribution in [-0.4, -0.2) is 0 Å². The van der Waals surface area contributed by atoms with Crippen molar-refractivity contribution in [3.05, 3.63) is 193 Å². The molecule has 9 aromatic rings. The molecule has 0 saturated carbocycles. The van der Waals surface area contributed by atoms with Crippen LogP contribution in [0.25, 0.3) is 83.5 Å². The molecule has 0 unspecified atom stereocenters. The molecule has 5 heterocycles. The topological polar surface area (TPSA) is 0 Å². The highest BCUT2D eigenvalue weighted by atomic mass is 32.1. The second-order valence-corrected chi connectivity index (χ2v) is 18.9. The molecule has 55 heavy (non-hydrogen) atoms. The normalized spacial score (nSPS) is 11.2. The molecule has 0 saturated heterocycles. The van der Waals surface area contributed by atoms with Gasteiger partial charge in [0.15, 0.2) is 0 Å². The Morgan fingerprint density at radius 1 is 0.255 bits per heavy atom. The van der Waals surface area contributed by atoms with Crippen LogP contribution >= 0.6 is 56.7 Å². The van der Waals surface area contributed by atoms with Crippen molar-refractivity contribution in [3.8, 4) is 83.5 Å². The third-order valence-electron chi connectivity index (χ3n) is 9.65. The molecular weight excluding hydrogens is 761 g/mol. The molecule has 4 aromatic carbocycles. The Morgan fingerprint density at radius 3 is 0.636 bits per heavy atom. The van der Waals surface area contributed by atoms with E-state index in [-0.39, 0.29) is 0 Å². The zero-order chi connectivity index (χ0) is 37.1. The van der Waals surface area contributed by atoms with Crippen LogP contribution in [0.2, 0.25) is 0 Å². The predicted molar refractivity (Wildman–Crippen MR) is 247 cm³/mol. The van der Waals surface area contributed by atoms with Gasteiger partial charge < -0.3 is 0 Å². The van der Waals surface area contributed by atoms with Gasteiger partial charge in [0.05, 0.1) is 0 Å². The van der Waals surface area contributed by atoms with E-state index in [0.29, 0.717) is 0 Å². The molecule has 0 atom stereocenters. The number of benzene rings is 4. The SMILES string of the molecule is C=CCc1ccc(-c2ccc(-c3ccc(-c4ccc(-c5ccc(-c6ccc(-c7ccc(-c8ccc(-c9ccc(CC=C)s9)cc8)s7)cc6)s5)cc4)s3)cc2)s1. The maximum Gasteiger partial charge on any atom is 0.0349 e. The lowest BCUT2D eigenvalue weighted by Crippen LogP contribution is -1.75. The van der Waals surface area contributed by atoms with Crippen LogP contribution in [0.1, 0.15) is 9.75 Å². The van der Waals surface area contributed by atoms with E-state index < -0.39 is 0 Å². The molecular formula is C50H36S5. The number of allylic oxidation sites excluding steroid dienone is 2. The summed E-state index contributed by atoms with van der Waals surface area (Å²) in [6.45, 7) is 7.74. The van der Waals surface area contributed by atoms with E-state index in [2.05, 4.69) is 171 Å². The fourth-order valence-corrected chi connectivity index (χ4v) is 11.8. The van der Waals surface area contributed by atoms with Gasteiger partial charge in [0, 0.05) is 48.8 Å². The smallest absolute Gasteiger partial charge is 0.0349 e. The van der Waals surface area contributed by atoms with Crippen molar-refractivity contribution < 1.29 is 0 Å². The minimum atomic E-state index is 0.926. The van der Waals surface area contributed by atoms with Crippen molar-refractivity contribution in [2.75, 3.05) is 0 Å². The lowest BCUT2D eigenvalue weighted by molar-refractivity contribution is 1.36. The van der Waals surface area contributed by atoms with Crippen LogP contribution in [0.5, 0.6) is 0 Å². The van der Waals surface area contributed by atoms with E-state index in [0.717, 1.165) is 12.8 Å². The molecule has 0 amide bonds. The van der Waals surface area contributed by atoms with Crippen molar-refractivity contribution >= 4 is 56.7 Å². The highest BCUT2D eigenvalue weighted by molar-refractivity contribution is 7.19. The molecule has 0 nitrogen and oxygen atoms in total. The van der Waals surface area contributed by atoms with Gasteiger partial charge in [-0.25, -0.2) is 0 Å². The lowest BCUT2D eigenvalue weighted by atomic mass is 10.1. The van der Waals surface area contributed by atoms with E-state index in [1.54, 1.807) is 0 Å². The van der Waals surface area contributed by atoms with Crippen LogP contribution in [-0.2, 0) is 12.8 Å². The highest BCUT2D eigenvalue weighted by Gasteiger charge is 2.11. The first kappa shape index (κ1) is 35.6. The Bertz CT molecular complexity index is 2520. The first-order valence-electron chi connectivity index (χ1n) is 18.2. The van der Waals surface area contributed by atoms with E-state index >= 15 is 0 Å². The van der Waals surface area contributed by atoms with Crippen molar-refractivity contribution in [1.29, 1.82) is 0 Å². The van der Waals surface area contributed by atoms with Crippen LogP contribution < -0.4 is 0 Å². The van der Waals surface area contributed by atoms with Crippen molar-refractivity contribution in [1.82, 2.24) is 0 Å². The fraction of sp³-hybridized carbons (Fsp3) is 0.0400. The Morgan fingerprint density at radius 2 is 0.436 bits per heavy atom. The summed E-state index contributed by atoms with van der Waals surface area (Å²) in [5.74, 6) is 0. The van der Waals surface area contributed by atoms with Crippen molar-refractivity contribution in [3.63, 3.8) is 0 Å². The molecule has 0 aliphatic carbocycles. The monoisotopic (exact) mass is 796 g/mol. The second kappa shape index (κ2) is 15.9. The average Bonchev–Trinajstić information content (AvgIpc) is 4.09. The molecule has 0 aliphatic heterocycles. The standard InChI is InChI=1S/C50H36S5/c1-3-5-41-23-25-43(51-41)33-7-11-35(12-8-33)45-27-29-47(53-45)37-15-19-39(20-16-37)49-31-32-50(55-49)40-21-17-38(18-22-40)48-30-28-46(54-48)36-13-9-34(10-14-36)44-26-24-42(52-44)6-4-2/h3-4,7-32H,1-2,5-6H2. The molecule has 0 bridgehead atoms. The van der Waals surface area contributed by atoms with Gasteiger partial charge in [-0.1, -0.05) is 109 Å². The number of hydrogen-bond donors (Lipinski definition) is 0. The summed E-state index contributed by atoms with van der Waals surface area (Å²) < 4.78 is 0. The summed E-state index contributed by atoms with van der Waals surface area (Å²) in [5.41, 5.74) is 10.1. The third-order valence-corrected chi connectivity index (χ3v) is 15.5. The van der Waals surface area contributed by atoms with Gasteiger partial charge in [0.1, 0.15) is 0 Å². The van der Waals surface area contributed by atoms with Crippen LogP contribution in [0.4, 0.5) is 0 Å². The number of rotatable bonds is 12. The van der Waals surface area contributed by atoms with E-state index in [1.807, 2.05) is 68.8 Å². The van der Waals surface area contributed by atoms with Crippen molar-refractivity contribution in [2.24, 2.45) is 0 Å². The van der Waals surface area contributed by atoms with Gasteiger partial charge in [-0.2, -0.15) is 0 Å². The molecule has 5 heteroatoms. The van der Waals surface area contributed by atoms with Crippen LogP contribution in [0.15, 0.2) is 183 Å². The summed E-state index contributed by atoms with van der Waals surface area (Å²) >= 11 is 9.24. The molecule has 266 valence electrons. The van der Waals surface area contributed by atoms with Crippen molar-refractivity contribution in [2.45, 2.75) is 12.8 Å². The summed E-state index contributed by atoms with van der Waals surface area (Å²) in [4.78, 5) is 13.0. The average molecular weight is 797 g/mol. The third kappa shape index (κ3) is 7.72. The maximum atomic E-state index is 3.87. The Kier molecular flexibility index (Phi) is 10.3. The minimum absolute atomic E-state index is 0.926. The molecule has 5 aromatic heterocycles. The van der Waals surface area contributed by atoms with Gasteiger partial charge in [-0.3, -0.25) is 0 Å². The molecule has 0 aliphatic rings. The zero-order valence-corrected chi connectivity index (χ0v) is 34.1. The molecule has 0 N–H and O–H groups in total. The van der Waals surface area contributed by atoms with Gasteiger partial charge in [0.25, 0.3) is 0 Å². The summed E-state index contributed by atoms with van der Waals surface area (Å²) in [7, 11) is 0. The highest BCUT2D eigenvalue weighted by Crippen LogP contribution is 2.41. The minimum Gasteiger partial charge on any atom is -0.140 e. The lowest BCUT2D eigenvalue weighted by Gasteiger charge is -2.03. The van der Waals surface area contributed by atoms with Gasteiger partial charge in [-0.15, -0.1) is 69.8 Å². The largest absolute Gasteiger partial charge is 0.140 e. The Balaban J connectivity index is 0.840. The summed E-state index contributed by atoms with van der Waals surface area (Å²) in [6, 6.07) is 58.3. The fourth-order valence-electron chi connectivity index (χ4n) is 6.71. The number of thiophene rings is 5. The van der Waals surface area contributed by atoms with Crippen LogP contribution in [0, 0.1) is 0 Å². The Labute approximate surface area is 343 Å². The Hall–Kier alpha value is -5.14. The van der Waals surface area contributed by atoms with Crippen LogP contribution in [0.3, 0.4) is 0 Å². The molecule has 0 spiro atoms. The summed E-state index contributed by atoms with van der Waals surface area (Å²) in [5, 5.41) is 0. The molecule has 9 rings (SSSR count). The van der Waals surface area contributed by atoms with Gasteiger partial charge in [0.2, 0.25) is 0 Å². The van der Waals surface area contributed by atoms with E-state index in [4.69, 9.17) is 0 Å². The predicted octanol–water partition coefficient (Wildman–Crippen LogP) is 16.8. The first-order valence-corrected chi connectivity index (χ1v) is 22.3. The quantitative estimate of drug-likeness (QED) is 0.108. The summed E-state index contributed by atoms with van der Waals surface area (Å²) in [6.07, 6.45) is 5.78. The van der Waals surface area contributed by atoms with E-state index in [1.165, 1.54) is 93.3 Å². The second-order valence-electron chi connectivity index (χ2n) is 13.3. The van der Waals surface area contributed by atoms with E-state index in [9.17, 15) is 0 Å². The molecule has 0 radical (unpaired) electrons. The number of hydrogen-bond acceptors (Lipinski definition) is 5. The molecule has 0 fully saturated rings. The maximum absolute atomic E-state index is 3.87. The first-order chi connectivity index (χ1) is 27.1.